The molecule has 1 N–H and O–H groups in total. The summed E-state index contributed by atoms with van der Waals surface area (Å²) >= 11 is 0. The zero-order chi connectivity index (χ0) is 29.0. The first-order valence-electron chi connectivity index (χ1n) is 13.3. The van der Waals surface area contributed by atoms with Crippen LogP contribution in [0.4, 0.5) is 5.69 Å². The van der Waals surface area contributed by atoms with E-state index in [1.165, 1.54) is 7.11 Å². The number of fused-ring (bicyclic) bond motifs is 1. The van der Waals surface area contributed by atoms with Gasteiger partial charge in [0.15, 0.2) is 11.5 Å². The minimum Gasteiger partial charge on any atom is -0.493 e. The number of hydrogen-bond donors (Lipinski definition) is 1. The number of hydrogen-bond acceptors (Lipinski definition) is 6. The minimum atomic E-state index is -1.07. The van der Waals surface area contributed by atoms with Crippen LogP contribution in [0.3, 0.4) is 0 Å². The predicted molar refractivity (Wildman–Crippen MR) is 156 cm³/mol. The number of nitrogens with zero attached hydrogens (tertiary/aromatic N) is 4. The third-order valence-electron chi connectivity index (χ3n) is 7.39. The van der Waals surface area contributed by atoms with Crippen molar-refractivity contribution in [2.24, 2.45) is 0 Å². The number of ether oxygens (including phenoxy) is 2. The molecule has 4 aromatic rings. The number of aryl methyl sites for hydroxylation is 1. The van der Waals surface area contributed by atoms with E-state index in [4.69, 9.17) is 9.47 Å². The van der Waals surface area contributed by atoms with Gasteiger partial charge >= 0.3 is 0 Å². The SMILES string of the molecule is CCC(C)(C)NC(=O)C(c1cccc(OC)c1OC)N(C(=O)Cn1nnc2ccccc21)c1cccc(C)c1C. The zero-order valence-electron chi connectivity index (χ0n) is 24.2. The van der Waals surface area contributed by atoms with Crippen LogP contribution in [0.1, 0.15) is 49.9 Å². The fourth-order valence-corrected chi connectivity index (χ4v) is 4.67. The first-order valence-corrected chi connectivity index (χ1v) is 13.3. The second-order valence-electron chi connectivity index (χ2n) is 10.4. The van der Waals surface area contributed by atoms with Crippen molar-refractivity contribution in [3.05, 3.63) is 77.4 Å². The van der Waals surface area contributed by atoms with Gasteiger partial charge in [0.1, 0.15) is 18.1 Å². The number of carbonyl (C=O) groups is 2. The van der Waals surface area contributed by atoms with Crippen molar-refractivity contribution in [3.63, 3.8) is 0 Å². The predicted octanol–water partition coefficient (Wildman–Crippen LogP) is 5.14. The summed E-state index contributed by atoms with van der Waals surface area (Å²) in [5.41, 5.74) is 3.89. The topological polar surface area (TPSA) is 98.6 Å². The van der Waals surface area contributed by atoms with Crippen LogP contribution in [-0.4, -0.2) is 46.6 Å². The summed E-state index contributed by atoms with van der Waals surface area (Å²) in [5, 5.41) is 11.6. The lowest BCUT2D eigenvalue weighted by Crippen LogP contribution is -2.51. The summed E-state index contributed by atoms with van der Waals surface area (Å²) in [7, 11) is 3.07. The van der Waals surface area contributed by atoms with Crippen LogP contribution in [0.15, 0.2) is 60.7 Å². The molecule has 0 aliphatic heterocycles. The van der Waals surface area contributed by atoms with Crippen molar-refractivity contribution < 1.29 is 19.1 Å². The number of aromatic nitrogens is 3. The highest BCUT2D eigenvalue weighted by Gasteiger charge is 2.38. The molecule has 1 unspecified atom stereocenters. The Bertz CT molecular complexity index is 1530. The Balaban J connectivity index is 1.94. The number of anilines is 1. The Kier molecular flexibility index (Phi) is 8.42. The maximum absolute atomic E-state index is 14.4. The van der Waals surface area contributed by atoms with Gasteiger partial charge in [0.2, 0.25) is 11.8 Å². The van der Waals surface area contributed by atoms with Gasteiger partial charge in [-0.15, -0.1) is 5.10 Å². The molecule has 0 fully saturated rings. The summed E-state index contributed by atoms with van der Waals surface area (Å²) in [6.45, 7) is 9.72. The van der Waals surface area contributed by atoms with Crippen LogP contribution in [0, 0.1) is 13.8 Å². The molecule has 1 atom stereocenters. The normalized spacial score (nSPS) is 12.2. The lowest BCUT2D eigenvalue weighted by molar-refractivity contribution is -0.128. The first-order chi connectivity index (χ1) is 19.1. The Hall–Kier alpha value is -4.40. The van der Waals surface area contributed by atoms with Crippen LogP contribution < -0.4 is 19.7 Å². The highest BCUT2D eigenvalue weighted by atomic mass is 16.5. The fraction of sp³-hybridized carbons (Fsp3) is 0.355. The molecular formula is C31H37N5O4. The molecule has 0 aliphatic carbocycles. The van der Waals surface area contributed by atoms with E-state index in [2.05, 4.69) is 15.6 Å². The molecule has 0 saturated carbocycles. The van der Waals surface area contributed by atoms with Gasteiger partial charge < -0.3 is 14.8 Å². The molecule has 210 valence electrons. The van der Waals surface area contributed by atoms with Gasteiger partial charge in [-0.05, 0) is 69.5 Å². The van der Waals surface area contributed by atoms with Crippen LogP contribution >= 0.6 is 0 Å². The Morgan fingerprint density at radius 2 is 1.73 bits per heavy atom. The van der Waals surface area contributed by atoms with E-state index in [0.717, 1.165) is 16.6 Å². The molecule has 0 radical (unpaired) electrons. The third-order valence-corrected chi connectivity index (χ3v) is 7.39. The molecular weight excluding hydrogens is 506 g/mol. The maximum Gasteiger partial charge on any atom is 0.249 e. The number of para-hydroxylation sites is 2. The van der Waals surface area contributed by atoms with Crippen molar-refractivity contribution >= 4 is 28.5 Å². The molecule has 1 heterocycles. The van der Waals surface area contributed by atoms with Crippen molar-refractivity contribution in [2.75, 3.05) is 19.1 Å². The fourth-order valence-electron chi connectivity index (χ4n) is 4.67. The summed E-state index contributed by atoms with van der Waals surface area (Å²) in [6.07, 6.45) is 0.697. The van der Waals surface area contributed by atoms with Gasteiger partial charge in [-0.2, -0.15) is 0 Å². The third kappa shape index (κ3) is 5.64. The van der Waals surface area contributed by atoms with Crippen LogP contribution in [-0.2, 0) is 16.1 Å². The van der Waals surface area contributed by atoms with E-state index in [1.54, 1.807) is 34.9 Å². The number of nitrogens with one attached hydrogen (secondary N) is 1. The van der Waals surface area contributed by atoms with Crippen molar-refractivity contribution in [3.8, 4) is 11.5 Å². The number of carbonyl (C=O) groups excluding carboxylic acids is 2. The Morgan fingerprint density at radius 3 is 2.42 bits per heavy atom. The minimum absolute atomic E-state index is 0.124. The van der Waals surface area contributed by atoms with Gasteiger partial charge in [0.05, 0.1) is 19.7 Å². The number of amides is 2. The van der Waals surface area contributed by atoms with Gasteiger partial charge in [0, 0.05) is 16.8 Å². The summed E-state index contributed by atoms with van der Waals surface area (Å²) in [6, 6.07) is 17.5. The number of methoxy groups -OCH3 is 2. The van der Waals surface area contributed by atoms with Crippen molar-refractivity contribution in [1.29, 1.82) is 0 Å². The zero-order valence-corrected chi connectivity index (χ0v) is 24.2. The quantitative estimate of drug-likeness (QED) is 0.297. The second kappa shape index (κ2) is 11.8. The lowest BCUT2D eigenvalue weighted by atomic mass is 9.96. The second-order valence-corrected chi connectivity index (χ2v) is 10.4. The van der Waals surface area contributed by atoms with E-state index in [-0.39, 0.29) is 18.4 Å². The molecule has 0 bridgehead atoms. The molecule has 0 spiro atoms. The smallest absolute Gasteiger partial charge is 0.249 e. The maximum atomic E-state index is 14.4. The van der Waals surface area contributed by atoms with E-state index >= 15 is 0 Å². The molecule has 4 rings (SSSR count). The molecule has 3 aromatic carbocycles. The van der Waals surface area contributed by atoms with Gasteiger partial charge in [0.25, 0.3) is 0 Å². The van der Waals surface area contributed by atoms with E-state index < -0.39 is 11.6 Å². The Morgan fingerprint density at radius 1 is 1.00 bits per heavy atom. The standard InChI is InChI=1S/C31H37N5O4/c1-8-31(4,5)32-30(38)28(22-14-12-18-26(39-6)29(22)40-7)36(24-17-11-13-20(2)21(24)3)27(37)19-35-25-16-10-9-15-23(25)33-34-35/h9-18,28H,8,19H2,1-7H3,(H,32,38). The van der Waals surface area contributed by atoms with E-state index in [9.17, 15) is 9.59 Å². The molecule has 0 aliphatic rings. The van der Waals surface area contributed by atoms with Crippen LogP contribution in [0.5, 0.6) is 11.5 Å². The summed E-state index contributed by atoms with van der Waals surface area (Å²) < 4.78 is 12.9. The monoisotopic (exact) mass is 543 g/mol. The molecule has 40 heavy (non-hydrogen) atoms. The highest BCUT2D eigenvalue weighted by molar-refractivity contribution is 6.02. The molecule has 2 amide bonds. The highest BCUT2D eigenvalue weighted by Crippen LogP contribution is 2.40. The van der Waals surface area contributed by atoms with E-state index in [1.807, 2.05) is 77.1 Å². The van der Waals surface area contributed by atoms with Gasteiger partial charge in [-0.3, -0.25) is 14.5 Å². The molecule has 9 heteroatoms. The lowest BCUT2D eigenvalue weighted by Gasteiger charge is -2.36. The first kappa shape index (κ1) is 28.6. The number of rotatable bonds is 10. The van der Waals surface area contributed by atoms with E-state index in [0.29, 0.717) is 34.7 Å². The average molecular weight is 544 g/mol. The van der Waals surface area contributed by atoms with Crippen molar-refractivity contribution in [2.45, 2.75) is 59.2 Å². The van der Waals surface area contributed by atoms with Crippen LogP contribution in [0.2, 0.25) is 0 Å². The van der Waals surface area contributed by atoms with Crippen molar-refractivity contribution in [1.82, 2.24) is 20.3 Å². The van der Waals surface area contributed by atoms with Crippen LogP contribution in [0.25, 0.3) is 11.0 Å². The molecule has 9 nitrogen and oxygen atoms in total. The van der Waals surface area contributed by atoms with Gasteiger partial charge in [-0.25, -0.2) is 4.68 Å². The molecule has 0 saturated heterocycles. The number of benzene rings is 3. The van der Waals surface area contributed by atoms with Gasteiger partial charge in [-0.1, -0.05) is 48.5 Å². The average Bonchev–Trinajstić information content (AvgIpc) is 3.35. The largest absolute Gasteiger partial charge is 0.493 e. The summed E-state index contributed by atoms with van der Waals surface area (Å²) in [4.78, 5) is 30.2. The Labute approximate surface area is 235 Å². The summed E-state index contributed by atoms with van der Waals surface area (Å²) in [5.74, 6) is 0.178. The molecule has 1 aromatic heterocycles.